The van der Waals surface area contributed by atoms with Crippen LogP contribution in [0.2, 0.25) is 10.0 Å². The number of imide groups is 2. The topological polar surface area (TPSA) is 86.8 Å². The predicted molar refractivity (Wildman–Crippen MR) is 115 cm³/mol. The average molecular weight is 460 g/mol. The van der Waals surface area contributed by atoms with Crippen LogP contribution in [0.15, 0.2) is 36.4 Å². The summed E-state index contributed by atoms with van der Waals surface area (Å²) in [4.78, 5) is 52.7. The van der Waals surface area contributed by atoms with Crippen molar-refractivity contribution < 1.29 is 19.2 Å². The molecule has 2 aliphatic heterocycles. The van der Waals surface area contributed by atoms with Gasteiger partial charge >= 0.3 is 0 Å². The molecule has 0 radical (unpaired) electrons. The highest BCUT2D eigenvalue weighted by Crippen LogP contribution is 2.30. The van der Waals surface area contributed by atoms with Crippen molar-refractivity contribution in [2.75, 3.05) is 7.05 Å². The molecule has 1 atom stereocenters. The summed E-state index contributed by atoms with van der Waals surface area (Å²) in [5.41, 5.74) is 2.36. The van der Waals surface area contributed by atoms with Gasteiger partial charge in [-0.2, -0.15) is 0 Å². The second kappa shape index (κ2) is 8.42. The SMILES string of the molecule is CN(C(=O)c1ccc(Cl)c(Cl)c1)C(=O)c1cccc2c1CN(C1CCC(=O)NC1=O)C2. The van der Waals surface area contributed by atoms with Crippen molar-refractivity contribution in [1.82, 2.24) is 15.1 Å². The first kappa shape index (κ1) is 21.5. The minimum Gasteiger partial charge on any atom is -0.295 e. The zero-order chi connectivity index (χ0) is 22.3. The van der Waals surface area contributed by atoms with Crippen LogP contribution >= 0.6 is 23.2 Å². The number of hydrogen-bond donors (Lipinski definition) is 1. The molecule has 0 aliphatic carbocycles. The Morgan fingerprint density at radius 2 is 1.84 bits per heavy atom. The predicted octanol–water partition coefficient (Wildman–Crippen LogP) is 3.03. The van der Waals surface area contributed by atoms with Crippen LogP contribution in [0.25, 0.3) is 0 Å². The number of hydrogen-bond acceptors (Lipinski definition) is 5. The van der Waals surface area contributed by atoms with E-state index >= 15 is 0 Å². The lowest BCUT2D eigenvalue weighted by molar-refractivity contribution is -0.137. The first-order valence-corrected chi connectivity index (χ1v) is 10.5. The Labute approximate surface area is 188 Å². The fourth-order valence-corrected chi connectivity index (χ4v) is 4.29. The molecule has 4 rings (SSSR count). The Kier molecular flexibility index (Phi) is 5.83. The van der Waals surface area contributed by atoms with Crippen LogP contribution in [0.1, 0.15) is 44.7 Å². The molecule has 31 heavy (non-hydrogen) atoms. The van der Waals surface area contributed by atoms with E-state index in [-0.39, 0.29) is 28.8 Å². The van der Waals surface area contributed by atoms with Gasteiger partial charge in [0.2, 0.25) is 11.8 Å². The maximum Gasteiger partial charge on any atom is 0.260 e. The maximum atomic E-state index is 13.2. The van der Waals surface area contributed by atoms with E-state index in [9.17, 15) is 19.2 Å². The highest BCUT2D eigenvalue weighted by atomic mass is 35.5. The molecule has 2 aromatic rings. The van der Waals surface area contributed by atoms with Crippen molar-refractivity contribution in [2.24, 2.45) is 0 Å². The van der Waals surface area contributed by atoms with Crippen LogP contribution in [-0.2, 0) is 22.7 Å². The van der Waals surface area contributed by atoms with Crippen molar-refractivity contribution in [2.45, 2.75) is 32.0 Å². The summed E-state index contributed by atoms with van der Waals surface area (Å²) >= 11 is 11.9. The Hall–Kier alpha value is -2.74. The van der Waals surface area contributed by atoms with Gasteiger partial charge in [-0.25, -0.2) is 0 Å². The third-order valence-electron chi connectivity index (χ3n) is 5.66. The van der Waals surface area contributed by atoms with Gasteiger partial charge in [0.15, 0.2) is 0 Å². The lowest BCUT2D eigenvalue weighted by atomic mass is 10.0. The molecule has 0 aromatic heterocycles. The Balaban J connectivity index is 1.55. The van der Waals surface area contributed by atoms with Crippen molar-refractivity contribution in [3.63, 3.8) is 0 Å². The van der Waals surface area contributed by atoms with Crippen LogP contribution in [0, 0.1) is 0 Å². The quantitative estimate of drug-likeness (QED) is 0.712. The van der Waals surface area contributed by atoms with Gasteiger partial charge in [0.1, 0.15) is 0 Å². The fraction of sp³-hybridized carbons (Fsp3) is 0.273. The van der Waals surface area contributed by atoms with Gasteiger partial charge in [0, 0.05) is 37.7 Å². The summed E-state index contributed by atoms with van der Waals surface area (Å²) in [6, 6.07) is 9.36. The van der Waals surface area contributed by atoms with E-state index in [0.717, 1.165) is 16.0 Å². The molecule has 4 amide bonds. The van der Waals surface area contributed by atoms with Crippen molar-refractivity contribution >= 4 is 46.8 Å². The number of amides is 4. The average Bonchev–Trinajstić information content (AvgIpc) is 3.18. The molecule has 160 valence electrons. The van der Waals surface area contributed by atoms with E-state index in [4.69, 9.17) is 23.2 Å². The van der Waals surface area contributed by atoms with Gasteiger partial charge in [-0.1, -0.05) is 35.3 Å². The lowest BCUT2D eigenvalue weighted by Crippen LogP contribution is -2.50. The highest BCUT2D eigenvalue weighted by molar-refractivity contribution is 6.42. The molecular weight excluding hydrogens is 441 g/mol. The number of carbonyl (C=O) groups excluding carboxylic acids is 4. The number of nitrogens with zero attached hydrogens (tertiary/aromatic N) is 2. The molecule has 7 nitrogen and oxygen atoms in total. The number of benzene rings is 2. The Bertz CT molecular complexity index is 1120. The molecule has 2 heterocycles. The summed E-state index contributed by atoms with van der Waals surface area (Å²) < 4.78 is 0. The van der Waals surface area contributed by atoms with Gasteiger partial charge in [-0.05, 0) is 41.8 Å². The van der Waals surface area contributed by atoms with Gasteiger partial charge in [-0.3, -0.25) is 34.3 Å². The van der Waals surface area contributed by atoms with E-state index < -0.39 is 17.9 Å². The normalized spacial score (nSPS) is 18.5. The van der Waals surface area contributed by atoms with Crippen LogP contribution in [0.4, 0.5) is 0 Å². The Morgan fingerprint density at radius 3 is 2.55 bits per heavy atom. The van der Waals surface area contributed by atoms with Gasteiger partial charge in [0.05, 0.1) is 16.1 Å². The molecular formula is C22H19Cl2N3O4. The van der Waals surface area contributed by atoms with E-state index in [1.165, 1.54) is 25.2 Å². The smallest absolute Gasteiger partial charge is 0.260 e. The van der Waals surface area contributed by atoms with Crippen LogP contribution in [0.5, 0.6) is 0 Å². The van der Waals surface area contributed by atoms with Crippen LogP contribution in [-0.4, -0.2) is 46.5 Å². The summed E-state index contributed by atoms with van der Waals surface area (Å²) in [6.07, 6.45) is 0.730. The third kappa shape index (κ3) is 4.08. The van der Waals surface area contributed by atoms with Gasteiger partial charge < -0.3 is 0 Å². The molecule has 1 N–H and O–H groups in total. The minimum absolute atomic E-state index is 0.230. The summed E-state index contributed by atoms with van der Waals surface area (Å²) in [7, 11) is 1.42. The monoisotopic (exact) mass is 459 g/mol. The number of rotatable bonds is 3. The fourth-order valence-electron chi connectivity index (χ4n) is 3.99. The largest absolute Gasteiger partial charge is 0.295 e. The molecule has 1 fully saturated rings. The van der Waals surface area contributed by atoms with Crippen molar-refractivity contribution in [3.05, 3.63) is 68.7 Å². The molecule has 2 aliphatic rings. The summed E-state index contributed by atoms with van der Waals surface area (Å²) in [5, 5.41) is 2.92. The van der Waals surface area contributed by atoms with Crippen LogP contribution in [0.3, 0.4) is 0 Å². The third-order valence-corrected chi connectivity index (χ3v) is 6.40. The molecule has 9 heteroatoms. The van der Waals surface area contributed by atoms with E-state index in [2.05, 4.69) is 5.32 Å². The van der Waals surface area contributed by atoms with E-state index in [1.54, 1.807) is 12.1 Å². The molecule has 1 unspecified atom stereocenters. The van der Waals surface area contributed by atoms with Crippen molar-refractivity contribution in [3.8, 4) is 0 Å². The van der Waals surface area contributed by atoms with E-state index in [1.807, 2.05) is 11.0 Å². The van der Waals surface area contributed by atoms with Crippen LogP contribution < -0.4 is 5.32 Å². The Morgan fingerprint density at radius 1 is 1.06 bits per heavy atom. The molecule has 1 saturated heterocycles. The molecule has 0 spiro atoms. The number of carbonyl (C=O) groups is 4. The highest BCUT2D eigenvalue weighted by Gasteiger charge is 2.36. The van der Waals surface area contributed by atoms with Gasteiger partial charge in [-0.15, -0.1) is 0 Å². The molecule has 0 bridgehead atoms. The molecule has 0 saturated carbocycles. The first-order chi connectivity index (χ1) is 14.8. The van der Waals surface area contributed by atoms with E-state index in [0.29, 0.717) is 30.1 Å². The number of halogens is 2. The number of nitrogens with one attached hydrogen (secondary N) is 1. The minimum atomic E-state index is -0.499. The maximum absolute atomic E-state index is 13.2. The first-order valence-electron chi connectivity index (χ1n) is 9.72. The van der Waals surface area contributed by atoms with Crippen molar-refractivity contribution in [1.29, 1.82) is 0 Å². The zero-order valence-corrected chi connectivity index (χ0v) is 18.2. The summed E-state index contributed by atoms with van der Waals surface area (Å²) in [6.45, 7) is 0.880. The number of piperidine rings is 1. The number of fused-ring (bicyclic) bond motifs is 1. The second-order valence-electron chi connectivity index (χ2n) is 7.61. The second-order valence-corrected chi connectivity index (χ2v) is 8.43. The standard InChI is InChI=1S/C22H19Cl2N3O4/c1-26(21(30)12-5-6-16(23)17(24)9-12)22(31)14-4-2-3-13-10-27(11-15(13)14)18-7-8-19(28)25-20(18)29/h2-6,9,18H,7-8,10-11H2,1H3,(H,25,28,29). The molecule has 2 aromatic carbocycles. The zero-order valence-electron chi connectivity index (χ0n) is 16.7. The van der Waals surface area contributed by atoms with Gasteiger partial charge in [0.25, 0.3) is 11.8 Å². The lowest BCUT2D eigenvalue weighted by Gasteiger charge is -2.29. The summed E-state index contributed by atoms with van der Waals surface area (Å²) in [5.74, 6) is -1.53.